The van der Waals surface area contributed by atoms with E-state index in [2.05, 4.69) is 15.2 Å². The molecule has 0 aliphatic heterocycles. The number of hydrogen-bond acceptors (Lipinski definition) is 6. The fraction of sp³-hybridized carbons (Fsp3) is 0.143. The monoisotopic (exact) mass is 387 g/mol. The number of rotatable bonds is 6. The molecule has 0 unspecified atom stereocenters. The molecule has 3 aromatic heterocycles. The lowest BCUT2D eigenvalue weighted by Crippen LogP contribution is -2.23. The summed E-state index contributed by atoms with van der Waals surface area (Å²) in [5.74, 6) is 0. The van der Waals surface area contributed by atoms with Crippen molar-refractivity contribution in [2.45, 2.75) is 19.3 Å². The molecule has 4 aromatic rings. The molecule has 4 rings (SSSR count). The normalized spacial score (nSPS) is 10.9. The van der Waals surface area contributed by atoms with Gasteiger partial charge in [0.05, 0.1) is 16.3 Å². The first-order chi connectivity index (χ1) is 14.1. The van der Waals surface area contributed by atoms with Crippen LogP contribution in [0, 0.1) is 10.1 Å². The topological polar surface area (TPSA) is 104 Å². The fourth-order valence-electron chi connectivity index (χ4n) is 3.29. The number of nitro benzene ring substituents is 1. The molecule has 0 amide bonds. The quantitative estimate of drug-likeness (QED) is 0.371. The van der Waals surface area contributed by atoms with Gasteiger partial charge in [0.1, 0.15) is 5.65 Å². The molecule has 8 nitrogen and oxygen atoms in total. The first-order valence-corrected chi connectivity index (χ1v) is 9.14. The van der Waals surface area contributed by atoms with Crippen LogP contribution >= 0.6 is 0 Å². The van der Waals surface area contributed by atoms with E-state index in [0.717, 1.165) is 17.5 Å². The van der Waals surface area contributed by atoms with Crippen molar-refractivity contribution in [1.82, 2.24) is 19.7 Å². The van der Waals surface area contributed by atoms with E-state index >= 15 is 0 Å². The van der Waals surface area contributed by atoms with Crippen LogP contribution < -0.4 is 5.56 Å². The van der Waals surface area contributed by atoms with E-state index in [1.54, 1.807) is 30.6 Å². The van der Waals surface area contributed by atoms with Crippen LogP contribution in [0.2, 0.25) is 0 Å². The molecule has 0 aliphatic rings. The highest BCUT2D eigenvalue weighted by Gasteiger charge is 2.14. The molecule has 29 heavy (non-hydrogen) atoms. The summed E-state index contributed by atoms with van der Waals surface area (Å²) in [6.45, 7) is 0. The van der Waals surface area contributed by atoms with Crippen LogP contribution in [0.3, 0.4) is 0 Å². The van der Waals surface area contributed by atoms with Gasteiger partial charge in [0.15, 0.2) is 0 Å². The third kappa shape index (κ3) is 3.86. The van der Waals surface area contributed by atoms with E-state index in [1.807, 2.05) is 24.3 Å². The molecule has 0 spiro atoms. The van der Waals surface area contributed by atoms with Gasteiger partial charge in [-0.15, -0.1) is 0 Å². The van der Waals surface area contributed by atoms with Gasteiger partial charge in [-0.2, -0.15) is 10.2 Å². The number of benzene rings is 1. The predicted octanol–water partition coefficient (Wildman–Crippen LogP) is 3.26. The summed E-state index contributed by atoms with van der Waals surface area (Å²) < 4.78 is 1.44. The predicted molar refractivity (Wildman–Crippen MR) is 108 cm³/mol. The van der Waals surface area contributed by atoms with E-state index in [0.29, 0.717) is 29.7 Å². The van der Waals surface area contributed by atoms with Crippen LogP contribution in [-0.2, 0) is 12.8 Å². The molecular formula is C21H17N5O3. The molecule has 0 N–H and O–H groups in total. The Kier molecular flexibility index (Phi) is 5.07. The molecule has 0 fully saturated rings. The maximum atomic E-state index is 13.2. The average Bonchev–Trinajstić information content (AvgIpc) is 2.75. The average molecular weight is 387 g/mol. The van der Waals surface area contributed by atoms with Crippen molar-refractivity contribution in [3.63, 3.8) is 0 Å². The lowest BCUT2D eigenvalue weighted by Gasteiger charge is -2.12. The number of fused-ring (bicyclic) bond motifs is 1. The van der Waals surface area contributed by atoms with Gasteiger partial charge in [0.2, 0.25) is 0 Å². The lowest BCUT2D eigenvalue weighted by atomic mass is 10.1. The second-order valence-electron chi connectivity index (χ2n) is 6.57. The van der Waals surface area contributed by atoms with Gasteiger partial charge < -0.3 is 0 Å². The number of nitrogens with zero attached hydrogens (tertiary/aromatic N) is 5. The molecule has 0 bridgehead atoms. The van der Waals surface area contributed by atoms with Crippen molar-refractivity contribution in [3.8, 4) is 5.69 Å². The van der Waals surface area contributed by atoms with E-state index in [-0.39, 0.29) is 11.2 Å². The van der Waals surface area contributed by atoms with Crippen molar-refractivity contribution < 1.29 is 4.92 Å². The summed E-state index contributed by atoms with van der Waals surface area (Å²) in [5, 5.41) is 19.9. The number of aromatic nitrogens is 4. The van der Waals surface area contributed by atoms with Crippen LogP contribution in [-0.4, -0.2) is 24.7 Å². The Bertz CT molecular complexity index is 1240. The van der Waals surface area contributed by atoms with E-state index < -0.39 is 4.92 Å². The lowest BCUT2D eigenvalue weighted by molar-refractivity contribution is -0.384. The zero-order valence-corrected chi connectivity index (χ0v) is 15.4. The van der Waals surface area contributed by atoms with Crippen LogP contribution in [0.5, 0.6) is 0 Å². The highest BCUT2D eigenvalue weighted by atomic mass is 16.6. The summed E-state index contributed by atoms with van der Waals surface area (Å²) in [6.07, 6.45) is 5.21. The van der Waals surface area contributed by atoms with Crippen LogP contribution in [0.25, 0.3) is 16.7 Å². The maximum absolute atomic E-state index is 13.2. The summed E-state index contributed by atoms with van der Waals surface area (Å²) in [5.41, 5.74) is 2.08. The Balaban J connectivity index is 1.75. The molecule has 0 aliphatic carbocycles. The third-order valence-corrected chi connectivity index (χ3v) is 4.64. The fourth-order valence-corrected chi connectivity index (χ4v) is 3.29. The molecule has 144 valence electrons. The zero-order chi connectivity index (χ0) is 20.2. The summed E-state index contributed by atoms with van der Waals surface area (Å²) in [6, 6.07) is 15.3. The van der Waals surface area contributed by atoms with E-state index in [9.17, 15) is 14.9 Å². The first-order valence-electron chi connectivity index (χ1n) is 9.14. The van der Waals surface area contributed by atoms with Crippen molar-refractivity contribution in [1.29, 1.82) is 0 Å². The number of aryl methyl sites for hydroxylation is 2. The zero-order valence-electron chi connectivity index (χ0n) is 15.4. The second kappa shape index (κ2) is 7.97. The Morgan fingerprint density at radius 1 is 1.00 bits per heavy atom. The summed E-state index contributed by atoms with van der Waals surface area (Å²) >= 11 is 0. The van der Waals surface area contributed by atoms with E-state index in [1.165, 1.54) is 16.7 Å². The van der Waals surface area contributed by atoms with Gasteiger partial charge in [0, 0.05) is 35.5 Å². The number of non-ortho nitro benzene ring substituents is 1. The Morgan fingerprint density at radius 2 is 1.86 bits per heavy atom. The minimum atomic E-state index is -0.477. The third-order valence-electron chi connectivity index (χ3n) is 4.64. The molecule has 0 radical (unpaired) electrons. The van der Waals surface area contributed by atoms with Gasteiger partial charge in [-0.05, 0) is 55.7 Å². The SMILES string of the molecule is O=c1c(CCCc2cccnn2)cc2cccnc2n1-c1cccc([N+](=O)[O-])c1. The number of pyridine rings is 2. The maximum Gasteiger partial charge on any atom is 0.271 e. The summed E-state index contributed by atoms with van der Waals surface area (Å²) in [7, 11) is 0. The van der Waals surface area contributed by atoms with Crippen molar-refractivity contribution in [3.05, 3.63) is 98.7 Å². The van der Waals surface area contributed by atoms with Gasteiger partial charge >= 0.3 is 0 Å². The molecule has 0 saturated carbocycles. The minimum absolute atomic E-state index is 0.0773. The number of nitro groups is 1. The second-order valence-corrected chi connectivity index (χ2v) is 6.57. The van der Waals surface area contributed by atoms with Crippen molar-refractivity contribution >= 4 is 16.7 Å². The van der Waals surface area contributed by atoms with Gasteiger partial charge in [-0.3, -0.25) is 19.5 Å². The van der Waals surface area contributed by atoms with Gasteiger partial charge in [-0.1, -0.05) is 6.07 Å². The highest BCUT2D eigenvalue weighted by molar-refractivity contribution is 5.77. The van der Waals surface area contributed by atoms with Crippen LogP contribution in [0.1, 0.15) is 17.7 Å². The van der Waals surface area contributed by atoms with Crippen molar-refractivity contribution in [2.75, 3.05) is 0 Å². The Labute approximate surface area is 165 Å². The van der Waals surface area contributed by atoms with Gasteiger partial charge in [-0.25, -0.2) is 4.98 Å². The molecule has 8 heteroatoms. The van der Waals surface area contributed by atoms with Crippen LogP contribution in [0.15, 0.2) is 71.8 Å². The van der Waals surface area contributed by atoms with Gasteiger partial charge in [0.25, 0.3) is 11.2 Å². The summed E-state index contributed by atoms with van der Waals surface area (Å²) in [4.78, 5) is 28.3. The van der Waals surface area contributed by atoms with Crippen molar-refractivity contribution in [2.24, 2.45) is 0 Å². The molecule has 1 aromatic carbocycles. The first kappa shape index (κ1) is 18.4. The Morgan fingerprint density at radius 3 is 2.66 bits per heavy atom. The molecule has 0 atom stereocenters. The highest BCUT2D eigenvalue weighted by Crippen LogP contribution is 2.20. The molecule has 3 heterocycles. The minimum Gasteiger partial charge on any atom is -0.269 e. The smallest absolute Gasteiger partial charge is 0.269 e. The number of hydrogen-bond donors (Lipinski definition) is 0. The van der Waals surface area contributed by atoms with Crippen LogP contribution in [0.4, 0.5) is 5.69 Å². The molecular weight excluding hydrogens is 370 g/mol. The molecule has 0 saturated heterocycles. The standard InChI is InChI=1S/C21H17N5O3/c27-21-16(5-1-7-17-8-4-12-23-24-17)13-15-6-3-11-22-20(15)25(21)18-9-2-10-19(14-18)26(28)29/h2-4,6,8-14H,1,5,7H2. The largest absolute Gasteiger partial charge is 0.271 e. The van der Waals surface area contributed by atoms with E-state index in [4.69, 9.17) is 0 Å². The Hall–Kier alpha value is -3.94.